The molecule has 1 amide bonds. The van der Waals surface area contributed by atoms with E-state index in [-0.39, 0.29) is 5.91 Å². The van der Waals surface area contributed by atoms with Gasteiger partial charge in [0.2, 0.25) is 5.82 Å². The van der Waals surface area contributed by atoms with Crippen molar-refractivity contribution in [1.29, 1.82) is 0 Å². The number of carbonyl (C=O) groups is 1. The van der Waals surface area contributed by atoms with Gasteiger partial charge in [0.1, 0.15) is 5.82 Å². The molecule has 136 valence electrons. The lowest BCUT2D eigenvalue weighted by Gasteiger charge is -2.08. The van der Waals surface area contributed by atoms with Gasteiger partial charge in [0, 0.05) is 16.6 Å². The fraction of sp³-hybridized carbons (Fsp3) is 0.0556. The summed E-state index contributed by atoms with van der Waals surface area (Å²) in [6.45, 7) is 0.393. The fourth-order valence-corrected chi connectivity index (χ4v) is 3.33. The van der Waals surface area contributed by atoms with Crippen molar-refractivity contribution in [2.45, 2.75) is 6.54 Å². The van der Waals surface area contributed by atoms with Gasteiger partial charge >= 0.3 is 0 Å². The summed E-state index contributed by atoms with van der Waals surface area (Å²) in [4.78, 5) is 16.9. The van der Waals surface area contributed by atoms with Gasteiger partial charge in [-0.3, -0.25) is 4.79 Å². The largest absolute Gasteiger partial charge is 0.446 e. The Labute approximate surface area is 170 Å². The van der Waals surface area contributed by atoms with Gasteiger partial charge in [-0.1, -0.05) is 34.1 Å². The van der Waals surface area contributed by atoms with Gasteiger partial charge < -0.3 is 15.5 Å². The number of halogens is 2. The molecule has 9 heteroatoms. The molecule has 0 saturated carbocycles. The second-order valence-corrected chi connectivity index (χ2v) is 7.39. The molecular weight excluding hydrogens is 478 g/mol. The third-order valence-electron chi connectivity index (χ3n) is 3.92. The Hall–Kier alpha value is -2.65. The van der Waals surface area contributed by atoms with Gasteiger partial charge in [-0.25, -0.2) is 4.98 Å². The van der Waals surface area contributed by atoms with Crippen LogP contribution in [0.25, 0.3) is 17.2 Å². The number of amides is 1. The zero-order valence-corrected chi connectivity index (χ0v) is 17.0. The first-order chi connectivity index (χ1) is 13.0. The number of hydrogen-bond donors (Lipinski definition) is 2. The molecule has 0 spiro atoms. The van der Waals surface area contributed by atoms with Crippen LogP contribution >= 0.6 is 31.9 Å². The zero-order valence-electron chi connectivity index (χ0n) is 13.8. The Kier molecular flexibility index (Phi) is 4.71. The second-order valence-electron chi connectivity index (χ2n) is 5.75. The molecule has 4 aromatic rings. The van der Waals surface area contributed by atoms with Crippen molar-refractivity contribution in [1.82, 2.24) is 19.9 Å². The number of pyridine rings is 1. The summed E-state index contributed by atoms with van der Waals surface area (Å²) in [6, 6.07) is 14.4. The standard InChI is InChI=1S/C18H13Br2N5O2/c19-12-4-2-1-3-10(12)9-22-18(26)11-7-15(21)25-16(8-11)23-17(24-25)13-5-6-14(20)27-13/h1-8H,9,21H2,(H,22,26). The summed E-state index contributed by atoms with van der Waals surface area (Å²) in [5, 5.41) is 7.21. The summed E-state index contributed by atoms with van der Waals surface area (Å²) >= 11 is 6.72. The Morgan fingerprint density at radius 3 is 2.74 bits per heavy atom. The molecular formula is C18H13Br2N5O2. The molecule has 0 radical (unpaired) electrons. The van der Waals surface area contributed by atoms with Crippen LogP contribution < -0.4 is 11.1 Å². The molecule has 7 nitrogen and oxygen atoms in total. The van der Waals surface area contributed by atoms with Crippen LogP contribution in [-0.4, -0.2) is 20.5 Å². The van der Waals surface area contributed by atoms with E-state index in [1.165, 1.54) is 4.52 Å². The Bertz CT molecular complexity index is 1150. The SMILES string of the molecule is Nc1cc(C(=O)NCc2ccccc2Br)cc2nc(-c3ccc(Br)o3)nn12. The van der Waals surface area contributed by atoms with E-state index in [1.807, 2.05) is 24.3 Å². The summed E-state index contributed by atoms with van der Waals surface area (Å²) in [6.07, 6.45) is 0. The quantitative estimate of drug-likeness (QED) is 0.450. The maximum absolute atomic E-state index is 12.5. The first-order valence-corrected chi connectivity index (χ1v) is 9.53. The van der Waals surface area contributed by atoms with Crippen LogP contribution in [0.1, 0.15) is 15.9 Å². The van der Waals surface area contributed by atoms with E-state index in [2.05, 4.69) is 47.3 Å². The van der Waals surface area contributed by atoms with Crippen LogP contribution in [0.4, 0.5) is 5.82 Å². The molecule has 1 aromatic carbocycles. The highest BCUT2D eigenvalue weighted by Gasteiger charge is 2.15. The highest BCUT2D eigenvalue weighted by Crippen LogP contribution is 2.24. The third kappa shape index (κ3) is 3.60. The molecule has 3 N–H and O–H groups in total. The van der Waals surface area contributed by atoms with Crippen LogP contribution in [-0.2, 0) is 6.54 Å². The van der Waals surface area contributed by atoms with Crippen molar-refractivity contribution >= 4 is 49.2 Å². The average molecular weight is 491 g/mol. The smallest absolute Gasteiger partial charge is 0.251 e. The number of furan rings is 1. The lowest BCUT2D eigenvalue weighted by Crippen LogP contribution is -2.23. The van der Waals surface area contributed by atoms with Gasteiger partial charge in [-0.2, -0.15) is 4.52 Å². The number of nitrogen functional groups attached to an aromatic ring is 1. The first kappa shape index (κ1) is 17.7. The van der Waals surface area contributed by atoms with Gasteiger partial charge in [0.15, 0.2) is 16.1 Å². The monoisotopic (exact) mass is 489 g/mol. The third-order valence-corrected chi connectivity index (χ3v) is 5.12. The molecule has 0 aliphatic carbocycles. The molecule has 0 fully saturated rings. The van der Waals surface area contributed by atoms with Gasteiger partial charge in [0.25, 0.3) is 5.91 Å². The van der Waals surface area contributed by atoms with Crippen LogP contribution in [0, 0.1) is 0 Å². The number of aromatic nitrogens is 3. The van der Waals surface area contributed by atoms with Crippen molar-refractivity contribution < 1.29 is 9.21 Å². The molecule has 27 heavy (non-hydrogen) atoms. The fourth-order valence-electron chi connectivity index (χ4n) is 2.60. The van der Waals surface area contributed by atoms with Crippen molar-refractivity contribution in [3.05, 3.63) is 68.8 Å². The van der Waals surface area contributed by atoms with Crippen LogP contribution in [0.3, 0.4) is 0 Å². The van der Waals surface area contributed by atoms with Crippen molar-refractivity contribution in [2.24, 2.45) is 0 Å². The van der Waals surface area contributed by atoms with Crippen molar-refractivity contribution in [2.75, 3.05) is 5.73 Å². The predicted molar refractivity (Wildman–Crippen MR) is 108 cm³/mol. The Balaban J connectivity index is 1.60. The topological polar surface area (TPSA) is 98.5 Å². The first-order valence-electron chi connectivity index (χ1n) is 7.95. The number of nitrogens with one attached hydrogen (secondary N) is 1. The minimum absolute atomic E-state index is 0.245. The summed E-state index contributed by atoms with van der Waals surface area (Å²) in [7, 11) is 0. The second kappa shape index (κ2) is 7.16. The van der Waals surface area contributed by atoms with Crippen molar-refractivity contribution in [3.63, 3.8) is 0 Å². The number of benzene rings is 1. The van der Waals surface area contributed by atoms with Gasteiger partial charge in [0.05, 0.1) is 0 Å². The molecule has 3 aromatic heterocycles. The van der Waals surface area contributed by atoms with Gasteiger partial charge in [-0.15, -0.1) is 5.10 Å². The highest BCUT2D eigenvalue weighted by molar-refractivity contribution is 9.10. The number of hydrogen-bond acceptors (Lipinski definition) is 5. The number of nitrogens with zero attached hydrogens (tertiary/aromatic N) is 3. The molecule has 0 aliphatic rings. The van der Waals surface area contributed by atoms with E-state index in [0.29, 0.717) is 39.8 Å². The molecule has 0 aliphatic heterocycles. The molecule has 0 saturated heterocycles. The number of rotatable bonds is 4. The number of carbonyl (C=O) groups excluding carboxylic acids is 1. The van der Waals surface area contributed by atoms with Crippen LogP contribution in [0.15, 0.2) is 62.1 Å². The van der Waals surface area contributed by atoms with Crippen LogP contribution in [0.5, 0.6) is 0 Å². The highest BCUT2D eigenvalue weighted by atomic mass is 79.9. The summed E-state index contributed by atoms with van der Waals surface area (Å²) in [5.74, 6) is 0.955. The minimum atomic E-state index is -0.245. The lowest BCUT2D eigenvalue weighted by atomic mass is 10.2. The molecule has 0 bridgehead atoms. The van der Waals surface area contributed by atoms with E-state index < -0.39 is 0 Å². The number of nitrogens with two attached hydrogens (primary N) is 1. The molecule has 0 unspecified atom stereocenters. The van der Waals surface area contributed by atoms with Gasteiger partial charge in [-0.05, 0) is 51.8 Å². The van der Waals surface area contributed by atoms with Crippen molar-refractivity contribution in [3.8, 4) is 11.6 Å². The summed E-state index contributed by atoms with van der Waals surface area (Å²) < 4.78 is 8.45. The minimum Gasteiger partial charge on any atom is -0.446 e. The van der Waals surface area contributed by atoms with E-state index in [4.69, 9.17) is 10.2 Å². The normalized spacial score (nSPS) is 11.0. The summed E-state index contributed by atoms with van der Waals surface area (Å²) in [5.41, 5.74) is 7.91. The lowest BCUT2D eigenvalue weighted by molar-refractivity contribution is 0.0951. The number of fused-ring (bicyclic) bond motifs is 1. The van der Waals surface area contributed by atoms with E-state index in [9.17, 15) is 4.79 Å². The Morgan fingerprint density at radius 1 is 1.19 bits per heavy atom. The van der Waals surface area contributed by atoms with Crippen LogP contribution in [0.2, 0.25) is 0 Å². The molecule has 4 rings (SSSR count). The molecule has 0 atom stereocenters. The van der Waals surface area contributed by atoms with E-state index in [0.717, 1.165) is 10.0 Å². The van der Waals surface area contributed by atoms with E-state index in [1.54, 1.807) is 24.3 Å². The maximum atomic E-state index is 12.5. The number of anilines is 1. The molecule has 3 heterocycles. The maximum Gasteiger partial charge on any atom is 0.251 e. The Morgan fingerprint density at radius 2 is 2.00 bits per heavy atom. The van der Waals surface area contributed by atoms with E-state index >= 15 is 0 Å². The average Bonchev–Trinajstić information content (AvgIpc) is 3.27. The predicted octanol–water partition coefficient (Wildman–Crippen LogP) is 4.03. The zero-order chi connectivity index (χ0) is 19.0.